The van der Waals surface area contributed by atoms with E-state index in [9.17, 15) is 4.79 Å². The molecule has 0 saturated carbocycles. The molecular weight excluding hydrogens is 168 g/mol. The van der Waals surface area contributed by atoms with Gasteiger partial charge in [0.15, 0.2) is 0 Å². The zero-order valence-electron chi connectivity index (χ0n) is 7.00. The van der Waals surface area contributed by atoms with Crippen LogP contribution in [0.2, 0.25) is 0 Å². The number of H-pyrrole nitrogens is 1. The Morgan fingerprint density at radius 3 is 3.23 bits per heavy atom. The molecule has 0 atom stereocenters. The fourth-order valence-electron chi connectivity index (χ4n) is 1.38. The highest BCUT2D eigenvalue weighted by atomic mass is 16.1. The van der Waals surface area contributed by atoms with E-state index in [0.29, 0.717) is 5.57 Å². The number of primary amides is 1. The third-order valence-electron chi connectivity index (χ3n) is 2.04. The molecule has 2 heterocycles. The summed E-state index contributed by atoms with van der Waals surface area (Å²) in [5.74, 6) is -0.445. The average molecular weight is 178 g/mol. The first-order valence-corrected chi connectivity index (χ1v) is 4.05. The van der Waals surface area contributed by atoms with Gasteiger partial charge in [-0.05, 0) is 12.0 Å². The molecule has 13 heavy (non-hydrogen) atoms. The third kappa shape index (κ3) is 1.28. The third-order valence-corrected chi connectivity index (χ3v) is 2.04. The van der Waals surface area contributed by atoms with E-state index in [4.69, 9.17) is 5.73 Å². The van der Waals surface area contributed by atoms with Gasteiger partial charge in [-0.3, -0.25) is 9.89 Å². The predicted octanol–water partition coefficient (Wildman–Crippen LogP) is -0.618. The summed E-state index contributed by atoms with van der Waals surface area (Å²) in [7, 11) is 0. The fraction of sp³-hybridized carbons (Fsp3) is 0.250. The highest BCUT2D eigenvalue weighted by Crippen LogP contribution is 2.17. The molecule has 4 N–H and O–H groups in total. The fourth-order valence-corrected chi connectivity index (χ4v) is 1.38. The van der Waals surface area contributed by atoms with Crippen molar-refractivity contribution in [3.8, 4) is 0 Å². The lowest BCUT2D eigenvalue weighted by molar-refractivity contribution is -0.112. The number of nitrogens with two attached hydrogens (primary N) is 1. The number of hydrogen-bond donors (Lipinski definition) is 3. The summed E-state index contributed by atoms with van der Waals surface area (Å²) in [6, 6.07) is 0. The van der Waals surface area contributed by atoms with Crippen LogP contribution in [0.15, 0.2) is 12.4 Å². The molecular formula is C8H10N4O. The molecule has 1 aromatic rings. The van der Waals surface area contributed by atoms with E-state index < -0.39 is 5.91 Å². The second kappa shape index (κ2) is 2.93. The summed E-state index contributed by atoms with van der Waals surface area (Å²) in [6.45, 7) is 0.795. The molecule has 68 valence electrons. The van der Waals surface area contributed by atoms with Gasteiger partial charge in [0.25, 0.3) is 5.91 Å². The van der Waals surface area contributed by atoms with Crippen LogP contribution in [-0.2, 0) is 11.2 Å². The van der Waals surface area contributed by atoms with E-state index in [2.05, 4.69) is 15.5 Å². The van der Waals surface area contributed by atoms with Crippen molar-refractivity contribution in [2.75, 3.05) is 6.54 Å². The predicted molar refractivity (Wildman–Crippen MR) is 47.5 cm³/mol. The van der Waals surface area contributed by atoms with Gasteiger partial charge in [0.05, 0.1) is 17.5 Å². The molecule has 1 amide bonds. The molecule has 1 aliphatic heterocycles. The normalized spacial score (nSPS) is 15.2. The number of fused-ring (bicyclic) bond motifs is 1. The molecule has 0 radical (unpaired) electrons. The van der Waals surface area contributed by atoms with Crippen molar-refractivity contribution in [2.45, 2.75) is 6.42 Å². The maximum absolute atomic E-state index is 11.0. The smallest absolute Gasteiger partial charge is 0.252 e. The highest BCUT2D eigenvalue weighted by molar-refractivity contribution is 6.18. The topological polar surface area (TPSA) is 83.8 Å². The number of aromatic nitrogens is 2. The lowest BCUT2D eigenvalue weighted by Gasteiger charge is -1.98. The van der Waals surface area contributed by atoms with Crippen molar-refractivity contribution in [3.05, 3.63) is 23.7 Å². The molecule has 1 aliphatic rings. The summed E-state index contributed by atoms with van der Waals surface area (Å²) in [5, 5.41) is 9.65. The van der Waals surface area contributed by atoms with Gasteiger partial charge in [0.1, 0.15) is 0 Å². The molecule has 0 aliphatic carbocycles. The van der Waals surface area contributed by atoms with Gasteiger partial charge in [-0.2, -0.15) is 5.10 Å². The molecule has 1 aromatic heterocycles. The number of hydrogen-bond acceptors (Lipinski definition) is 3. The monoisotopic (exact) mass is 178 g/mol. The van der Waals surface area contributed by atoms with E-state index >= 15 is 0 Å². The van der Waals surface area contributed by atoms with Gasteiger partial charge in [0.2, 0.25) is 0 Å². The number of rotatable bonds is 1. The van der Waals surface area contributed by atoms with E-state index in [-0.39, 0.29) is 0 Å². The van der Waals surface area contributed by atoms with Gasteiger partial charge >= 0.3 is 0 Å². The summed E-state index contributed by atoms with van der Waals surface area (Å²) < 4.78 is 0. The minimum absolute atomic E-state index is 0.445. The van der Waals surface area contributed by atoms with Gasteiger partial charge in [-0.25, -0.2) is 0 Å². The largest absolute Gasteiger partial charge is 0.390 e. The molecule has 0 fully saturated rings. The Bertz CT molecular complexity index is 366. The van der Waals surface area contributed by atoms with E-state index in [1.165, 1.54) is 0 Å². The minimum atomic E-state index is -0.445. The van der Waals surface area contributed by atoms with Gasteiger partial charge in [-0.15, -0.1) is 0 Å². The Morgan fingerprint density at radius 2 is 2.46 bits per heavy atom. The molecule has 0 spiro atoms. The minimum Gasteiger partial charge on any atom is -0.390 e. The molecule has 0 unspecified atom stereocenters. The number of nitrogens with zero attached hydrogens (tertiary/aromatic N) is 1. The lowest BCUT2D eigenvalue weighted by atomic mass is 10.1. The van der Waals surface area contributed by atoms with Crippen LogP contribution in [-0.4, -0.2) is 22.6 Å². The molecule has 2 rings (SSSR count). The number of carbonyl (C=O) groups is 1. The maximum Gasteiger partial charge on any atom is 0.252 e. The summed E-state index contributed by atoms with van der Waals surface area (Å²) in [6.07, 6.45) is 4.20. The van der Waals surface area contributed by atoms with Crippen molar-refractivity contribution >= 4 is 11.5 Å². The molecule has 0 saturated heterocycles. The van der Waals surface area contributed by atoms with Crippen LogP contribution >= 0.6 is 0 Å². The standard InChI is InChI=1S/C8H10N4O/c9-8(13)6-4-10-2-1-5-3-11-12-7(5)6/h3-4,10H,1-2H2,(H2,9,13)(H,11,12). The van der Waals surface area contributed by atoms with Crippen LogP contribution in [0.4, 0.5) is 0 Å². The Kier molecular flexibility index (Phi) is 1.77. The van der Waals surface area contributed by atoms with Gasteiger partial charge in [-0.1, -0.05) is 0 Å². The second-order valence-corrected chi connectivity index (χ2v) is 2.90. The molecule has 5 nitrogen and oxygen atoms in total. The number of aromatic amines is 1. The van der Waals surface area contributed by atoms with Crippen LogP contribution in [0, 0.1) is 0 Å². The van der Waals surface area contributed by atoms with Crippen molar-refractivity contribution in [3.63, 3.8) is 0 Å². The van der Waals surface area contributed by atoms with E-state index in [1.807, 2.05) is 0 Å². The second-order valence-electron chi connectivity index (χ2n) is 2.90. The number of nitrogens with one attached hydrogen (secondary N) is 2. The van der Waals surface area contributed by atoms with Crippen molar-refractivity contribution in [1.82, 2.24) is 15.5 Å². The average Bonchev–Trinajstić information content (AvgIpc) is 2.44. The summed E-state index contributed by atoms with van der Waals surface area (Å²) in [5.41, 5.74) is 7.44. The van der Waals surface area contributed by atoms with Crippen molar-refractivity contribution in [1.29, 1.82) is 0 Å². The van der Waals surface area contributed by atoms with Gasteiger partial charge < -0.3 is 11.1 Å². The Morgan fingerprint density at radius 1 is 1.62 bits per heavy atom. The Balaban J connectivity index is 2.49. The highest BCUT2D eigenvalue weighted by Gasteiger charge is 2.16. The summed E-state index contributed by atoms with van der Waals surface area (Å²) >= 11 is 0. The van der Waals surface area contributed by atoms with Crippen molar-refractivity contribution < 1.29 is 4.79 Å². The van der Waals surface area contributed by atoms with Crippen LogP contribution in [0.25, 0.3) is 5.57 Å². The maximum atomic E-state index is 11.0. The SMILES string of the molecule is NC(=O)C1=CNCCc2cn[nH]c21. The van der Waals surface area contributed by atoms with Crippen LogP contribution < -0.4 is 11.1 Å². The van der Waals surface area contributed by atoms with Crippen molar-refractivity contribution in [2.24, 2.45) is 5.73 Å². The van der Waals surface area contributed by atoms with Gasteiger partial charge in [0, 0.05) is 12.7 Å². The Labute approximate surface area is 75.0 Å². The Hall–Kier alpha value is -1.78. The first kappa shape index (κ1) is 7.85. The number of carbonyl (C=O) groups excluding carboxylic acids is 1. The van der Waals surface area contributed by atoms with Crippen LogP contribution in [0.3, 0.4) is 0 Å². The molecule has 5 heteroatoms. The summed E-state index contributed by atoms with van der Waals surface area (Å²) in [4.78, 5) is 11.0. The number of amides is 1. The zero-order chi connectivity index (χ0) is 9.26. The van der Waals surface area contributed by atoms with E-state index in [0.717, 1.165) is 24.2 Å². The first-order valence-electron chi connectivity index (χ1n) is 4.05. The first-order chi connectivity index (χ1) is 6.29. The van der Waals surface area contributed by atoms with E-state index in [1.54, 1.807) is 12.4 Å². The lowest BCUT2D eigenvalue weighted by Crippen LogP contribution is -2.15. The molecule has 0 bridgehead atoms. The zero-order valence-corrected chi connectivity index (χ0v) is 7.00. The van der Waals surface area contributed by atoms with Crippen LogP contribution in [0.5, 0.6) is 0 Å². The quantitative estimate of drug-likeness (QED) is 0.536. The van der Waals surface area contributed by atoms with Crippen LogP contribution in [0.1, 0.15) is 11.3 Å². The molecule has 0 aromatic carbocycles.